The number of ether oxygens (including phenoxy) is 1. The van der Waals surface area contributed by atoms with E-state index >= 15 is 0 Å². The van der Waals surface area contributed by atoms with Crippen LogP contribution >= 0.6 is 0 Å². The van der Waals surface area contributed by atoms with Crippen molar-refractivity contribution in [2.75, 3.05) is 6.54 Å². The van der Waals surface area contributed by atoms with Gasteiger partial charge < -0.3 is 4.74 Å². The van der Waals surface area contributed by atoms with Crippen LogP contribution in [0.3, 0.4) is 0 Å². The first-order valence-electron chi connectivity index (χ1n) is 5.87. The molecule has 1 aliphatic rings. The smallest absolute Gasteiger partial charge is 0.417 e. The lowest BCUT2D eigenvalue weighted by Gasteiger charge is -2.32. The largest absolute Gasteiger partial charge is 0.443 e. The second kappa shape index (κ2) is 4.85. The molecule has 16 heavy (non-hydrogen) atoms. The molecule has 1 rings (SSSR count). The molecule has 4 heteroatoms. The molecule has 0 aromatic carbocycles. The van der Waals surface area contributed by atoms with E-state index in [1.807, 2.05) is 0 Å². The first kappa shape index (κ1) is 13.0. The van der Waals surface area contributed by atoms with E-state index in [1.54, 1.807) is 20.8 Å². The number of carbonyl (C=O) groups is 2. The van der Waals surface area contributed by atoms with Crippen LogP contribution in [0.15, 0.2) is 0 Å². The number of hydrogen-bond acceptors (Lipinski definition) is 3. The van der Waals surface area contributed by atoms with E-state index in [2.05, 4.69) is 6.92 Å². The Morgan fingerprint density at radius 3 is 2.62 bits per heavy atom. The maximum absolute atomic E-state index is 11.8. The Labute approximate surface area is 96.9 Å². The fourth-order valence-electron chi connectivity index (χ4n) is 1.74. The van der Waals surface area contributed by atoms with Crippen molar-refractivity contribution in [3.63, 3.8) is 0 Å². The van der Waals surface area contributed by atoms with Crippen LogP contribution in [0, 0.1) is 5.92 Å². The molecule has 1 atom stereocenters. The number of piperidine rings is 1. The molecule has 0 saturated carbocycles. The first-order chi connectivity index (χ1) is 7.33. The number of rotatable bonds is 1. The number of likely N-dealkylation sites (tertiary alicyclic amines) is 1. The summed E-state index contributed by atoms with van der Waals surface area (Å²) in [5.74, 6) is 0.309. The molecule has 0 radical (unpaired) electrons. The fraction of sp³-hybridized carbons (Fsp3) is 0.833. The monoisotopic (exact) mass is 227 g/mol. The number of hydrogen-bond donors (Lipinski definition) is 0. The lowest BCUT2D eigenvalue weighted by molar-refractivity contribution is -0.133. The Bertz CT molecular complexity index is 280. The summed E-state index contributed by atoms with van der Waals surface area (Å²) < 4.78 is 5.21. The molecule has 2 amide bonds. The standard InChI is InChI=1S/C12H21NO3/c1-5-9-6-7-10(14)13(8-9)11(15)16-12(2,3)4/h9H,5-8H2,1-4H3. The third-order valence-electron chi connectivity index (χ3n) is 2.70. The minimum Gasteiger partial charge on any atom is -0.443 e. The second-order valence-electron chi connectivity index (χ2n) is 5.30. The molecule has 0 spiro atoms. The van der Waals surface area contributed by atoms with Crippen LogP contribution in [0.1, 0.15) is 47.0 Å². The van der Waals surface area contributed by atoms with Crippen LogP contribution in [0.5, 0.6) is 0 Å². The van der Waals surface area contributed by atoms with Crippen LogP contribution in [-0.4, -0.2) is 29.0 Å². The molecule has 1 unspecified atom stereocenters. The summed E-state index contributed by atoms with van der Waals surface area (Å²) in [4.78, 5) is 24.6. The highest BCUT2D eigenvalue weighted by Crippen LogP contribution is 2.22. The van der Waals surface area contributed by atoms with Gasteiger partial charge in [-0.3, -0.25) is 4.79 Å². The van der Waals surface area contributed by atoms with Gasteiger partial charge in [0.2, 0.25) is 5.91 Å². The molecule has 1 heterocycles. The van der Waals surface area contributed by atoms with Crippen LogP contribution < -0.4 is 0 Å². The van der Waals surface area contributed by atoms with Gasteiger partial charge in [-0.05, 0) is 33.1 Å². The number of imide groups is 1. The molecular weight excluding hydrogens is 206 g/mol. The SMILES string of the molecule is CCC1CCC(=O)N(C(=O)OC(C)(C)C)C1. The number of carbonyl (C=O) groups excluding carboxylic acids is 2. The Balaban J connectivity index is 2.62. The summed E-state index contributed by atoms with van der Waals surface area (Å²) in [6.45, 7) is 7.99. The number of amides is 2. The Kier molecular flexibility index (Phi) is 3.94. The molecule has 1 aliphatic heterocycles. The lowest BCUT2D eigenvalue weighted by atomic mass is 9.95. The lowest BCUT2D eigenvalue weighted by Crippen LogP contribution is -2.46. The van der Waals surface area contributed by atoms with Gasteiger partial charge in [0, 0.05) is 13.0 Å². The van der Waals surface area contributed by atoms with Gasteiger partial charge in [0.25, 0.3) is 0 Å². The number of nitrogens with zero attached hydrogens (tertiary/aromatic N) is 1. The zero-order chi connectivity index (χ0) is 12.3. The van der Waals surface area contributed by atoms with Gasteiger partial charge in [-0.25, -0.2) is 9.69 Å². The average molecular weight is 227 g/mol. The van der Waals surface area contributed by atoms with Gasteiger partial charge in [-0.15, -0.1) is 0 Å². The molecule has 1 saturated heterocycles. The Hall–Kier alpha value is -1.06. The van der Waals surface area contributed by atoms with Gasteiger partial charge in [0.05, 0.1) is 0 Å². The molecular formula is C12H21NO3. The van der Waals surface area contributed by atoms with Crippen LogP contribution in [-0.2, 0) is 9.53 Å². The van der Waals surface area contributed by atoms with Crippen LogP contribution in [0.4, 0.5) is 4.79 Å². The van der Waals surface area contributed by atoms with Crippen molar-refractivity contribution in [2.45, 2.75) is 52.6 Å². The first-order valence-corrected chi connectivity index (χ1v) is 5.87. The van der Waals surface area contributed by atoms with E-state index in [4.69, 9.17) is 4.74 Å². The van der Waals surface area contributed by atoms with Crippen molar-refractivity contribution < 1.29 is 14.3 Å². The fourth-order valence-corrected chi connectivity index (χ4v) is 1.74. The summed E-state index contributed by atoms with van der Waals surface area (Å²) in [6, 6.07) is 0. The molecule has 1 fully saturated rings. The molecule has 0 aromatic rings. The van der Waals surface area contributed by atoms with Gasteiger partial charge in [-0.1, -0.05) is 13.3 Å². The maximum atomic E-state index is 11.8. The van der Waals surface area contributed by atoms with E-state index < -0.39 is 11.7 Å². The van der Waals surface area contributed by atoms with Gasteiger partial charge in [0.1, 0.15) is 5.60 Å². The minimum atomic E-state index is -0.545. The summed E-state index contributed by atoms with van der Waals surface area (Å²) in [7, 11) is 0. The van der Waals surface area contributed by atoms with E-state index in [0.29, 0.717) is 18.9 Å². The third kappa shape index (κ3) is 3.51. The Morgan fingerprint density at radius 2 is 2.12 bits per heavy atom. The molecule has 0 N–H and O–H groups in total. The summed E-state index contributed by atoms with van der Waals surface area (Å²) >= 11 is 0. The van der Waals surface area contributed by atoms with Crippen molar-refractivity contribution >= 4 is 12.0 Å². The quantitative estimate of drug-likeness (QED) is 0.691. The highest BCUT2D eigenvalue weighted by molar-refractivity contribution is 5.92. The topological polar surface area (TPSA) is 46.6 Å². The van der Waals surface area contributed by atoms with E-state index in [0.717, 1.165) is 12.8 Å². The minimum absolute atomic E-state index is 0.112. The van der Waals surface area contributed by atoms with Crippen molar-refractivity contribution in [1.29, 1.82) is 0 Å². The molecule has 0 aliphatic carbocycles. The normalized spacial score (nSPS) is 22.1. The Morgan fingerprint density at radius 1 is 1.50 bits per heavy atom. The van der Waals surface area contributed by atoms with E-state index in [9.17, 15) is 9.59 Å². The zero-order valence-electron chi connectivity index (χ0n) is 10.6. The molecule has 4 nitrogen and oxygen atoms in total. The van der Waals surface area contributed by atoms with Gasteiger partial charge >= 0.3 is 6.09 Å². The van der Waals surface area contributed by atoms with Gasteiger partial charge in [-0.2, -0.15) is 0 Å². The van der Waals surface area contributed by atoms with E-state index in [1.165, 1.54) is 4.90 Å². The third-order valence-corrected chi connectivity index (χ3v) is 2.70. The highest BCUT2D eigenvalue weighted by Gasteiger charge is 2.32. The molecule has 92 valence electrons. The van der Waals surface area contributed by atoms with Crippen LogP contribution in [0.2, 0.25) is 0 Å². The van der Waals surface area contributed by atoms with Crippen molar-refractivity contribution in [3.05, 3.63) is 0 Å². The second-order valence-corrected chi connectivity index (χ2v) is 5.30. The summed E-state index contributed by atoms with van der Waals surface area (Å²) in [5.41, 5.74) is -0.545. The summed E-state index contributed by atoms with van der Waals surface area (Å²) in [5, 5.41) is 0. The van der Waals surface area contributed by atoms with E-state index in [-0.39, 0.29) is 5.91 Å². The van der Waals surface area contributed by atoms with Crippen LogP contribution in [0.25, 0.3) is 0 Å². The molecule has 0 bridgehead atoms. The average Bonchev–Trinajstić information content (AvgIpc) is 2.15. The predicted octanol–water partition coefficient (Wildman–Crippen LogP) is 2.57. The predicted molar refractivity (Wildman–Crippen MR) is 61.0 cm³/mol. The maximum Gasteiger partial charge on any atom is 0.417 e. The highest BCUT2D eigenvalue weighted by atomic mass is 16.6. The van der Waals surface area contributed by atoms with Crippen molar-refractivity contribution in [1.82, 2.24) is 4.90 Å². The van der Waals surface area contributed by atoms with Crippen molar-refractivity contribution in [3.8, 4) is 0 Å². The van der Waals surface area contributed by atoms with Crippen molar-refractivity contribution in [2.24, 2.45) is 5.92 Å². The molecule has 0 aromatic heterocycles. The summed E-state index contributed by atoms with van der Waals surface area (Å²) in [6.07, 6.45) is 1.83. The zero-order valence-corrected chi connectivity index (χ0v) is 10.6. The van der Waals surface area contributed by atoms with Gasteiger partial charge in [0.15, 0.2) is 0 Å².